The molecule has 2 N–H and O–H groups in total. The molecule has 1 aliphatic heterocycles. The Morgan fingerprint density at radius 3 is 2.68 bits per heavy atom. The van der Waals surface area contributed by atoms with E-state index in [4.69, 9.17) is 26.8 Å². The van der Waals surface area contributed by atoms with Crippen LogP contribution >= 0.6 is 11.6 Å². The standard InChI is InChI=1S/C20H17ClN2O2/c1-12-2-4-14-15(19(12)22)6-7-23-18(14)11-13-3-5-17(21)16(10-13)20-24-8-9-25-20/h2-10,20H,11,22H2,1H3. The first-order valence-corrected chi connectivity index (χ1v) is 8.38. The number of rotatable bonds is 3. The minimum atomic E-state index is -0.494. The Kier molecular flexibility index (Phi) is 3.98. The number of nitrogens with two attached hydrogens (primary N) is 1. The lowest BCUT2D eigenvalue weighted by Gasteiger charge is -2.14. The first-order chi connectivity index (χ1) is 12.1. The zero-order valence-electron chi connectivity index (χ0n) is 13.7. The van der Waals surface area contributed by atoms with Crippen LogP contribution in [0.15, 0.2) is 55.1 Å². The van der Waals surface area contributed by atoms with E-state index in [2.05, 4.69) is 11.1 Å². The quantitative estimate of drug-likeness (QED) is 0.682. The van der Waals surface area contributed by atoms with Crippen LogP contribution in [0.3, 0.4) is 0 Å². The Balaban J connectivity index is 1.72. The lowest BCUT2D eigenvalue weighted by molar-refractivity contribution is -0.0245. The van der Waals surface area contributed by atoms with Gasteiger partial charge in [0.05, 0.1) is 16.3 Å². The molecule has 0 fully saturated rings. The van der Waals surface area contributed by atoms with E-state index >= 15 is 0 Å². The van der Waals surface area contributed by atoms with Crippen LogP contribution in [0.4, 0.5) is 5.69 Å². The third kappa shape index (κ3) is 2.89. The summed E-state index contributed by atoms with van der Waals surface area (Å²) in [5.41, 5.74) is 11.0. The van der Waals surface area contributed by atoms with E-state index in [1.807, 2.05) is 37.3 Å². The fraction of sp³-hybridized carbons (Fsp3) is 0.150. The zero-order chi connectivity index (χ0) is 17.4. The Labute approximate surface area is 150 Å². The van der Waals surface area contributed by atoms with Crippen molar-refractivity contribution in [3.63, 3.8) is 0 Å². The molecule has 0 radical (unpaired) electrons. The second kappa shape index (κ2) is 6.30. The Morgan fingerprint density at radius 1 is 1.08 bits per heavy atom. The van der Waals surface area contributed by atoms with Gasteiger partial charge in [-0.3, -0.25) is 4.98 Å². The highest BCUT2D eigenvalue weighted by Crippen LogP contribution is 2.32. The summed E-state index contributed by atoms with van der Waals surface area (Å²) in [5, 5.41) is 2.71. The van der Waals surface area contributed by atoms with Crippen LogP contribution in [0, 0.1) is 6.92 Å². The summed E-state index contributed by atoms with van der Waals surface area (Å²) in [5.74, 6) is 0. The second-order valence-corrected chi connectivity index (χ2v) is 6.47. The minimum Gasteiger partial charge on any atom is -0.455 e. The maximum atomic E-state index is 6.29. The molecule has 0 atom stereocenters. The number of aromatic nitrogens is 1. The van der Waals surface area contributed by atoms with Crippen molar-refractivity contribution >= 4 is 28.1 Å². The highest BCUT2D eigenvalue weighted by Gasteiger charge is 2.19. The fourth-order valence-corrected chi connectivity index (χ4v) is 3.26. The van der Waals surface area contributed by atoms with Crippen LogP contribution in [-0.2, 0) is 15.9 Å². The van der Waals surface area contributed by atoms with Crippen LogP contribution in [0.25, 0.3) is 10.8 Å². The number of hydrogen-bond acceptors (Lipinski definition) is 4. The zero-order valence-corrected chi connectivity index (χ0v) is 14.5. The van der Waals surface area contributed by atoms with E-state index in [1.165, 1.54) is 12.5 Å². The van der Waals surface area contributed by atoms with Crippen molar-refractivity contribution in [2.75, 3.05) is 5.73 Å². The molecule has 0 unspecified atom stereocenters. The maximum absolute atomic E-state index is 6.29. The molecule has 3 aromatic rings. The predicted octanol–water partition coefficient (Wildman–Crippen LogP) is 4.89. The van der Waals surface area contributed by atoms with Crippen LogP contribution in [0.1, 0.15) is 28.7 Å². The minimum absolute atomic E-state index is 0.494. The number of hydrogen-bond donors (Lipinski definition) is 1. The number of anilines is 1. The molecule has 0 aliphatic carbocycles. The molecule has 0 saturated carbocycles. The van der Waals surface area contributed by atoms with E-state index < -0.39 is 6.29 Å². The number of nitrogen functional groups attached to an aromatic ring is 1. The van der Waals surface area contributed by atoms with Crippen LogP contribution in [-0.4, -0.2) is 4.98 Å². The molecule has 1 aromatic heterocycles. The number of fused-ring (bicyclic) bond motifs is 1. The van der Waals surface area contributed by atoms with Gasteiger partial charge >= 0.3 is 0 Å². The molecule has 5 heteroatoms. The van der Waals surface area contributed by atoms with Gasteiger partial charge in [0.25, 0.3) is 6.29 Å². The second-order valence-electron chi connectivity index (χ2n) is 6.06. The summed E-state index contributed by atoms with van der Waals surface area (Å²) >= 11 is 6.29. The van der Waals surface area contributed by atoms with Crippen molar-refractivity contribution in [3.8, 4) is 0 Å². The number of halogens is 1. The van der Waals surface area contributed by atoms with E-state index in [0.29, 0.717) is 11.4 Å². The molecule has 4 nitrogen and oxygen atoms in total. The average Bonchev–Trinajstić information content (AvgIpc) is 3.15. The average molecular weight is 353 g/mol. The normalized spacial score (nSPS) is 13.8. The van der Waals surface area contributed by atoms with Crippen molar-refractivity contribution in [2.45, 2.75) is 19.6 Å². The van der Waals surface area contributed by atoms with Crippen molar-refractivity contribution in [1.82, 2.24) is 4.98 Å². The number of ether oxygens (including phenoxy) is 2. The number of pyridine rings is 1. The molecular weight excluding hydrogens is 336 g/mol. The molecule has 2 heterocycles. The van der Waals surface area contributed by atoms with Crippen molar-refractivity contribution < 1.29 is 9.47 Å². The Hall–Kier alpha value is -2.72. The van der Waals surface area contributed by atoms with Gasteiger partial charge in [-0.05, 0) is 36.2 Å². The van der Waals surface area contributed by atoms with E-state index in [1.54, 1.807) is 6.20 Å². The Bertz CT molecular complexity index is 977. The summed E-state index contributed by atoms with van der Waals surface area (Å²) in [6.07, 6.45) is 5.02. The molecule has 0 saturated heterocycles. The number of aryl methyl sites for hydroxylation is 1. The SMILES string of the molecule is Cc1ccc2c(Cc3ccc(Cl)c(C4OC=CO4)c3)nccc2c1N. The van der Waals surface area contributed by atoms with Crippen molar-refractivity contribution in [3.05, 3.63) is 82.5 Å². The first-order valence-electron chi connectivity index (χ1n) is 8.00. The summed E-state index contributed by atoms with van der Waals surface area (Å²) in [7, 11) is 0. The summed E-state index contributed by atoms with van der Waals surface area (Å²) in [4.78, 5) is 4.56. The van der Waals surface area contributed by atoms with E-state index in [9.17, 15) is 0 Å². The Morgan fingerprint density at radius 2 is 1.88 bits per heavy atom. The van der Waals surface area contributed by atoms with Crippen LogP contribution in [0.5, 0.6) is 0 Å². The van der Waals surface area contributed by atoms with Crippen molar-refractivity contribution in [2.24, 2.45) is 0 Å². The van der Waals surface area contributed by atoms with Gasteiger partial charge in [0.15, 0.2) is 0 Å². The smallest absolute Gasteiger partial charge is 0.267 e. The third-order valence-electron chi connectivity index (χ3n) is 4.43. The van der Waals surface area contributed by atoms with E-state index in [-0.39, 0.29) is 0 Å². The van der Waals surface area contributed by atoms with Gasteiger partial charge in [0.2, 0.25) is 0 Å². The van der Waals surface area contributed by atoms with Gasteiger partial charge in [0.1, 0.15) is 12.5 Å². The highest BCUT2D eigenvalue weighted by atomic mass is 35.5. The van der Waals surface area contributed by atoms with Gasteiger partial charge < -0.3 is 15.2 Å². The maximum Gasteiger partial charge on any atom is 0.267 e. The van der Waals surface area contributed by atoms with Gasteiger partial charge in [-0.25, -0.2) is 0 Å². The lowest BCUT2D eigenvalue weighted by atomic mass is 9.99. The fourth-order valence-electron chi connectivity index (χ4n) is 3.05. The van der Waals surface area contributed by atoms with Gasteiger partial charge in [0, 0.05) is 29.1 Å². The number of nitrogens with zero attached hydrogens (tertiary/aromatic N) is 1. The predicted molar refractivity (Wildman–Crippen MR) is 99.2 cm³/mol. The molecule has 4 rings (SSSR count). The van der Waals surface area contributed by atoms with Crippen molar-refractivity contribution in [1.29, 1.82) is 0 Å². The molecule has 0 spiro atoms. The van der Waals surface area contributed by atoms with Gasteiger partial charge in [-0.15, -0.1) is 0 Å². The molecule has 2 aromatic carbocycles. The van der Waals surface area contributed by atoms with Gasteiger partial charge in [-0.2, -0.15) is 0 Å². The molecule has 126 valence electrons. The first kappa shape index (κ1) is 15.8. The molecule has 1 aliphatic rings. The number of benzene rings is 2. The summed E-state index contributed by atoms with van der Waals surface area (Å²) < 4.78 is 10.8. The largest absolute Gasteiger partial charge is 0.455 e. The summed E-state index contributed by atoms with van der Waals surface area (Å²) in [6, 6.07) is 11.9. The van der Waals surface area contributed by atoms with E-state index in [0.717, 1.165) is 38.8 Å². The highest BCUT2D eigenvalue weighted by molar-refractivity contribution is 6.31. The monoisotopic (exact) mass is 352 g/mol. The topological polar surface area (TPSA) is 57.4 Å². The lowest BCUT2D eigenvalue weighted by Crippen LogP contribution is -2.02. The van der Waals surface area contributed by atoms with Crippen LogP contribution < -0.4 is 5.73 Å². The molecular formula is C20H17ClN2O2. The summed E-state index contributed by atoms with van der Waals surface area (Å²) in [6.45, 7) is 2.01. The molecule has 0 amide bonds. The molecule has 0 bridgehead atoms. The van der Waals surface area contributed by atoms with Gasteiger partial charge in [-0.1, -0.05) is 29.8 Å². The molecule has 25 heavy (non-hydrogen) atoms. The van der Waals surface area contributed by atoms with Crippen LogP contribution in [0.2, 0.25) is 5.02 Å². The third-order valence-corrected chi connectivity index (χ3v) is 4.78.